The summed E-state index contributed by atoms with van der Waals surface area (Å²) in [6.45, 7) is 3.56. The van der Waals surface area contributed by atoms with E-state index in [9.17, 15) is 15.0 Å². The number of phenolic OH excluding ortho intramolecular Hbond substituents is 1. The Kier molecular flexibility index (Phi) is 6.53. The van der Waals surface area contributed by atoms with Crippen molar-refractivity contribution in [3.05, 3.63) is 47.9 Å². The summed E-state index contributed by atoms with van der Waals surface area (Å²) in [5.41, 5.74) is 0.249. The van der Waals surface area contributed by atoms with Crippen molar-refractivity contribution in [3.8, 4) is 11.5 Å². The number of hydrogen-bond donors (Lipinski definition) is 3. The quantitative estimate of drug-likeness (QED) is 0.626. The number of nitrogens with zero attached hydrogens (tertiary/aromatic N) is 1. The van der Waals surface area contributed by atoms with Crippen molar-refractivity contribution in [2.75, 3.05) is 19.7 Å². The van der Waals surface area contributed by atoms with Gasteiger partial charge in [0.1, 0.15) is 5.76 Å². The average Bonchev–Trinajstić information content (AvgIpc) is 3.28. The van der Waals surface area contributed by atoms with E-state index in [2.05, 4.69) is 10.2 Å². The summed E-state index contributed by atoms with van der Waals surface area (Å²) in [6, 6.07) is 8.90. The second-order valence-corrected chi connectivity index (χ2v) is 8.64. The number of carbonyl (C=O) groups excluding carboxylic acids is 1. The normalized spacial score (nSPS) is 26.3. The van der Waals surface area contributed by atoms with Crippen LogP contribution in [0.15, 0.2) is 41.0 Å². The Labute approximate surface area is 183 Å². The van der Waals surface area contributed by atoms with Gasteiger partial charge in [0.25, 0.3) is 0 Å². The van der Waals surface area contributed by atoms with Gasteiger partial charge in [-0.2, -0.15) is 0 Å². The lowest BCUT2D eigenvalue weighted by atomic mass is 9.66. The summed E-state index contributed by atoms with van der Waals surface area (Å²) in [7, 11) is 0. The fourth-order valence-electron chi connectivity index (χ4n) is 5.19. The molecule has 168 valence electrons. The highest BCUT2D eigenvalue weighted by Crippen LogP contribution is 2.50. The van der Waals surface area contributed by atoms with Crippen LogP contribution in [0.4, 0.5) is 0 Å². The van der Waals surface area contributed by atoms with Crippen molar-refractivity contribution in [2.45, 2.75) is 57.2 Å². The van der Waals surface area contributed by atoms with Crippen LogP contribution in [0.5, 0.6) is 11.5 Å². The zero-order valence-electron chi connectivity index (χ0n) is 18.0. The maximum atomic E-state index is 12.7. The Morgan fingerprint density at radius 2 is 2.19 bits per heavy atom. The van der Waals surface area contributed by atoms with Crippen molar-refractivity contribution >= 4 is 5.91 Å². The molecule has 4 rings (SSSR count). The number of ether oxygens (including phenoxy) is 1. The van der Waals surface area contributed by atoms with Crippen LogP contribution in [-0.4, -0.2) is 46.3 Å². The second-order valence-electron chi connectivity index (χ2n) is 8.64. The van der Waals surface area contributed by atoms with E-state index in [-0.39, 0.29) is 30.2 Å². The van der Waals surface area contributed by atoms with Gasteiger partial charge in [-0.05, 0) is 56.0 Å². The van der Waals surface area contributed by atoms with Gasteiger partial charge in [0.15, 0.2) is 11.5 Å². The molecule has 1 amide bonds. The minimum absolute atomic E-state index is 0.0342. The number of amides is 1. The van der Waals surface area contributed by atoms with Gasteiger partial charge in [0, 0.05) is 18.5 Å². The maximum Gasteiger partial charge on any atom is 0.234 e. The molecule has 2 heterocycles. The molecule has 1 saturated carbocycles. The van der Waals surface area contributed by atoms with Crippen LogP contribution in [0.2, 0.25) is 0 Å². The highest BCUT2D eigenvalue weighted by molar-refractivity contribution is 5.78. The van der Waals surface area contributed by atoms with Gasteiger partial charge < -0.3 is 24.7 Å². The molecule has 3 N–H and O–H groups in total. The summed E-state index contributed by atoms with van der Waals surface area (Å²) in [5, 5.41) is 24.5. The van der Waals surface area contributed by atoms with Gasteiger partial charge in [0.05, 0.1) is 31.6 Å². The van der Waals surface area contributed by atoms with Crippen LogP contribution in [0.3, 0.4) is 0 Å². The number of fused-ring (bicyclic) bond motifs is 1. The molecule has 1 saturated heterocycles. The van der Waals surface area contributed by atoms with E-state index in [4.69, 9.17) is 9.15 Å². The first-order chi connectivity index (χ1) is 15.0. The fourth-order valence-corrected chi connectivity index (χ4v) is 5.19. The third-order valence-electron chi connectivity index (χ3n) is 6.68. The molecule has 1 aliphatic carbocycles. The van der Waals surface area contributed by atoms with Gasteiger partial charge in [-0.25, -0.2) is 0 Å². The minimum atomic E-state index is -0.715. The molecule has 1 aliphatic heterocycles. The van der Waals surface area contributed by atoms with Crippen molar-refractivity contribution in [1.82, 2.24) is 10.2 Å². The first-order valence-corrected chi connectivity index (χ1v) is 11.2. The monoisotopic (exact) mass is 428 g/mol. The number of aromatic hydroxyl groups is 1. The van der Waals surface area contributed by atoms with Crippen LogP contribution in [0, 0.1) is 5.92 Å². The number of furan rings is 1. The predicted molar refractivity (Wildman–Crippen MR) is 116 cm³/mol. The number of likely N-dealkylation sites (tertiary alicyclic amines) is 1. The number of aliphatic hydroxyl groups is 1. The first kappa shape index (κ1) is 21.7. The molecule has 2 aliphatic rings. The third-order valence-corrected chi connectivity index (χ3v) is 6.68. The largest absolute Gasteiger partial charge is 0.504 e. The maximum absolute atomic E-state index is 12.7. The van der Waals surface area contributed by atoms with Gasteiger partial charge in [-0.3, -0.25) is 9.69 Å². The number of nitrogens with one attached hydrogen (secondary N) is 1. The Morgan fingerprint density at radius 1 is 1.32 bits per heavy atom. The first-order valence-electron chi connectivity index (χ1n) is 11.2. The van der Waals surface area contributed by atoms with E-state index in [0.717, 1.165) is 31.2 Å². The van der Waals surface area contributed by atoms with Crippen molar-refractivity contribution in [3.63, 3.8) is 0 Å². The summed E-state index contributed by atoms with van der Waals surface area (Å²) in [5.74, 6) is 1.21. The molecule has 0 unspecified atom stereocenters. The van der Waals surface area contributed by atoms with Crippen LogP contribution in [0.1, 0.15) is 56.4 Å². The summed E-state index contributed by atoms with van der Waals surface area (Å²) >= 11 is 0. The predicted octanol–water partition coefficient (Wildman–Crippen LogP) is 3.37. The topological polar surface area (TPSA) is 95.2 Å². The number of phenols is 1. The third kappa shape index (κ3) is 4.72. The second kappa shape index (κ2) is 9.32. The van der Waals surface area contributed by atoms with E-state index in [1.54, 1.807) is 18.4 Å². The number of benzene rings is 1. The Balaban J connectivity index is 1.57. The summed E-state index contributed by atoms with van der Waals surface area (Å²) in [4.78, 5) is 14.9. The molecule has 7 heteroatoms. The van der Waals surface area contributed by atoms with Gasteiger partial charge >= 0.3 is 0 Å². The molecule has 0 spiro atoms. The van der Waals surface area contributed by atoms with E-state index in [1.807, 2.05) is 25.1 Å². The minimum Gasteiger partial charge on any atom is -0.504 e. The van der Waals surface area contributed by atoms with Crippen LogP contribution in [0.25, 0.3) is 0 Å². The molecule has 1 aromatic carbocycles. The van der Waals surface area contributed by atoms with E-state index >= 15 is 0 Å². The van der Waals surface area contributed by atoms with E-state index in [1.165, 1.54) is 0 Å². The lowest BCUT2D eigenvalue weighted by Crippen LogP contribution is -2.56. The van der Waals surface area contributed by atoms with Crippen LogP contribution >= 0.6 is 0 Å². The summed E-state index contributed by atoms with van der Waals surface area (Å²) < 4.78 is 10.9. The van der Waals surface area contributed by atoms with Gasteiger partial charge in [-0.15, -0.1) is 0 Å². The van der Waals surface area contributed by atoms with Gasteiger partial charge in [-0.1, -0.05) is 18.9 Å². The standard InChI is InChI=1S/C24H32N2O5/c1-2-30-21-14-17(8-9-20(21)27)23-19-7-3-4-10-24(19,29)11-12-26(23)16-22(28)25-15-18-6-5-13-31-18/h5-6,8-9,13-14,19,23,27,29H,2-4,7,10-12,15-16H2,1H3,(H,25,28)/t19-,23-,24-/m1/s1. The zero-order chi connectivity index (χ0) is 21.8. The van der Waals surface area contributed by atoms with Crippen LogP contribution < -0.4 is 10.1 Å². The number of piperidine rings is 1. The van der Waals surface area contributed by atoms with Crippen LogP contribution in [-0.2, 0) is 11.3 Å². The lowest BCUT2D eigenvalue weighted by Gasteiger charge is -2.52. The number of carbonyl (C=O) groups is 1. The molecule has 0 bridgehead atoms. The molecular weight excluding hydrogens is 396 g/mol. The highest BCUT2D eigenvalue weighted by Gasteiger charge is 2.49. The molecule has 7 nitrogen and oxygen atoms in total. The lowest BCUT2D eigenvalue weighted by molar-refractivity contribution is -0.138. The number of rotatable bonds is 7. The zero-order valence-corrected chi connectivity index (χ0v) is 18.0. The van der Waals surface area contributed by atoms with Crippen molar-refractivity contribution in [1.29, 1.82) is 0 Å². The smallest absolute Gasteiger partial charge is 0.234 e. The Bertz CT molecular complexity index is 884. The Hall–Kier alpha value is -2.51. The van der Waals surface area contributed by atoms with E-state index < -0.39 is 5.60 Å². The fraction of sp³-hybridized carbons (Fsp3) is 0.542. The Morgan fingerprint density at radius 3 is 2.97 bits per heavy atom. The van der Waals surface area contributed by atoms with Crippen molar-refractivity contribution < 1.29 is 24.2 Å². The molecular formula is C24H32N2O5. The number of hydrogen-bond acceptors (Lipinski definition) is 6. The molecule has 2 fully saturated rings. The molecule has 2 aromatic rings. The van der Waals surface area contributed by atoms with E-state index in [0.29, 0.717) is 37.6 Å². The summed E-state index contributed by atoms with van der Waals surface area (Å²) in [6.07, 6.45) is 6.06. The highest BCUT2D eigenvalue weighted by atomic mass is 16.5. The average molecular weight is 429 g/mol. The molecule has 31 heavy (non-hydrogen) atoms. The molecule has 0 radical (unpaired) electrons. The van der Waals surface area contributed by atoms with Crippen molar-refractivity contribution in [2.24, 2.45) is 5.92 Å². The SMILES string of the molecule is CCOc1cc([C@@H]2[C@H]3CCCC[C@@]3(O)CCN2CC(=O)NCc2ccco2)ccc1O. The molecule has 3 atom stereocenters. The van der Waals surface area contributed by atoms with Gasteiger partial charge in [0.2, 0.25) is 5.91 Å². The molecule has 1 aromatic heterocycles.